The molecule has 0 saturated heterocycles. The Balaban J connectivity index is 4.36. The predicted molar refractivity (Wildman–Crippen MR) is 46.8 cm³/mol. The SMILES string of the molecule is CCCC(=O)C(CC)(CO)CO. The monoisotopic (exact) mass is 174 g/mol. The van der Waals surface area contributed by atoms with Gasteiger partial charge in [0.1, 0.15) is 5.78 Å². The Morgan fingerprint density at radius 2 is 1.75 bits per heavy atom. The normalized spacial score (nSPS) is 11.7. The molecule has 0 atom stereocenters. The van der Waals surface area contributed by atoms with Crippen molar-refractivity contribution in [1.82, 2.24) is 0 Å². The third kappa shape index (κ3) is 2.29. The topological polar surface area (TPSA) is 57.5 Å². The Kier molecular flexibility index (Phi) is 5.09. The second kappa shape index (κ2) is 5.27. The van der Waals surface area contributed by atoms with E-state index in [2.05, 4.69) is 0 Å². The van der Waals surface area contributed by atoms with Gasteiger partial charge in [0, 0.05) is 6.42 Å². The lowest BCUT2D eigenvalue weighted by Crippen LogP contribution is -2.37. The molecule has 0 aliphatic rings. The van der Waals surface area contributed by atoms with Crippen LogP contribution in [0.3, 0.4) is 0 Å². The Morgan fingerprint density at radius 1 is 1.25 bits per heavy atom. The zero-order chi connectivity index (χ0) is 9.61. The zero-order valence-corrected chi connectivity index (χ0v) is 7.84. The van der Waals surface area contributed by atoms with E-state index < -0.39 is 5.41 Å². The molecule has 3 nitrogen and oxygen atoms in total. The zero-order valence-electron chi connectivity index (χ0n) is 7.84. The van der Waals surface area contributed by atoms with Crippen LogP contribution in [0.15, 0.2) is 0 Å². The highest BCUT2D eigenvalue weighted by Gasteiger charge is 2.33. The lowest BCUT2D eigenvalue weighted by Gasteiger charge is -2.26. The summed E-state index contributed by atoms with van der Waals surface area (Å²) in [5.74, 6) is -0.0301. The summed E-state index contributed by atoms with van der Waals surface area (Å²) in [4.78, 5) is 11.4. The van der Waals surface area contributed by atoms with Crippen LogP contribution in [-0.4, -0.2) is 29.2 Å². The van der Waals surface area contributed by atoms with Gasteiger partial charge in [-0.25, -0.2) is 0 Å². The quantitative estimate of drug-likeness (QED) is 0.624. The molecule has 3 heteroatoms. The molecule has 12 heavy (non-hydrogen) atoms. The molecule has 0 saturated carbocycles. The minimum absolute atomic E-state index is 0.0301. The van der Waals surface area contributed by atoms with Gasteiger partial charge in [-0.3, -0.25) is 4.79 Å². The van der Waals surface area contributed by atoms with Gasteiger partial charge in [-0.15, -0.1) is 0 Å². The smallest absolute Gasteiger partial charge is 0.143 e. The van der Waals surface area contributed by atoms with Crippen molar-refractivity contribution >= 4 is 5.78 Å². The molecule has 0 radical (unpaired) electrons. The second-order valence-electron chi connectivity index (χ2n) is 3.12. The lowest BCUT2D eigenvalue weighted by molar-refractivity contribution is -0.134. The Bertz CT molecular complexity index is 130. The van der Waals surface area contributed by atoms with Gasteiger partial charge < -0.3 is 10.2 Å². The molecule has 0 aromatic carbocycles. The Labute approximate surface area is 73.4 Å². The van der Waals surface area contributed by atoms with Crippen LogP contribution in [0.4, 0.5) is 0 Å². The minimum atomic E-state index is -0.893. The molecule has 0 aromatic heterocycles. The molecule has 0 spiro atoms. The highest BCUT2D eigenvalue weighted by Crippen LogP contribution is 2.23. The van der Waals surface area contributed by atoms with Crippen molar-refractivity contribution in [2.45, 2.75) is 33.1 Å². The first-order chi connectivity index (χ1) is 5.66. The number of aliphatic hydroxyl groups is 2. The summed E-state index contributed by atoms with van der Waals surface area (Å²) < 4.78 is 0. The number of carbonyl (C=O) groups is 1. The summed E-state index contributed by atoms with van der Waals surface area (Å²) >= 11 is 0. The standard InChI is InChI=1S/C9H18O3/c1-3-5-8(12)9(4-2,6-10)7-11/h10-11H,3-7H2,1-2H3. The van der Waals surface area contributed by atoms with Crippen LogP contribution < -0.4 is 0 Å². The lowest BCUT2D eigenvalue weighted by atomic mass is 9.81. The van der Waals surface area contributed by atoms with Crippen molar-refractivity contribution in [3.8, 4) is 0 Å². The molecule has 0 unspecified atom stereocenters. The van der Waals surface area contributed by atoms with E-state index in [9.17, 15) is 4.79 Å². The maximum absolute atomic E-state index is 11.4. The number of carbonyl (C=O) groups excluding carboxylic acids is 1. The molecule has 0 rings (SSSR count). The van der Waals surface area contributed by atoms with Crippen LogP contribution in [0.2, 0.25) is 0 Å². The molecule has 72 valence electrons. The molecule has 2 N–H and O–H groups in total. The molecule has 0 aliphatic carbocycles. The van der Waals surface area contributed by atoms with Crippen LogP contribution in [0.25, 0.3) is 0 Å². The molecular weight excluding hydrogens is 156 g/mol. The van der Waals surface area contributed by atoms with E-state index in [4.69, 9.17) is 10.2 Å². The number of hydrogen-bond acceptors (Lipinski definition) is 3. The summed E-state index contributed by atoms with van der Waals surface area (Å²) in [6, 6.07) is 0. The van der Waals surface area contributed by atoms with Crippen molar-refractivity contribution < 1.29 is 15.0 Å². The average Bonchev–Trinajstić information content (AvgIpc) is 2.09. The third-order valence-electron chi connectivity index (χ3n) is 2.35. The highest BCUT2D eigenvalue weighted by molar-refractivity contribution is 5.85. The van der Waals surface area contributed by atoms with Crippen LogP contribution in [0.5, 0.6) is 0 Å². The average molecular weight is 174 g/mol. The summed E-state index contributed by atoms with van der Waals surface area (Å²) in [6.45, 7) is 3.21. The first kappa shape index (κ1) is 11.6. The van der Waals surface area contributed by atoms with E-state index in [1.807, 2.05) is 6.92 Å². The van der Waals surface area contributed by atoms with Crippen molar-refractivity contribution in [2.24, 2.45) is 5.41 Å². The fourth-order valence-electron chi connectivity index (χ4n) is 1.14. The maximum Gasteiger partial charge on any atom is 0.143 e. The second-order valence-corrected chi connectivity index (χ2v) is 3.12. The van der Waals surface area contributed by atoms with E-state index in [0.29, 0.717) is 12.8 Å². The molecule has 0 bridgehead atoms. The van der Waals surface area contributed by atoms with Gasteiger partial charge in [0.05, 0.1) is 18.6 Å². The molecule has 0 aromatic rings. The van der Waals surface area contributed by atoms with Crippen molar-refractivity contribution in [3.63, 3.8) is 0 Å². The maximum atomic E-state index is 11.4. The third-order valence-corrected chi connectivity index (χ3v) is 2.35. The van der Waals surface area contributed by atoms with Crippen LogP contribution in [0.1, 0.15) is 33.1 Å². The van der Waals surface area contributed by atoms with E-state index in [1.54, 1.807) is 6.92 Å². The van der Waals surface area contributed by atoms with E-state index in [0.717, 1.165) is 6.42 Å². The van der Waals surface area contributed by atoms with E-state index in [1.165, 1.54) is 0 Å². The number of hydrogen-bond donors (Lipinski definition) is 2. The van der Waals surface area contributed by atoms with Crippen LogP contribution in [0, 0.1) is 5.41 Å². The number of aliphatic hydroxyl groups excluding tert-OH is 2. The van der Waals surface area contributed by atoms with Gasteiger partial charge in [0.25, 0.3) is 0 Å². The van der Waals surface area contributed by atoms with Gasteiger partial charge in [0.15, 0.2) is 0 Å². The van der Waals surface area contributed by atoms with E-state index >= 15 is 0 Å². The van der Waals surface area contributed by atoms with Gasteiger partial charge in [-0.05, 0) is 12.8 Å². The van der Waals surface area contributed by atoms with Crippen LogP contribution >= 0.6 is 0 Å². The predicted octanol–water partition coefficient (Wildman–Crippen LogP) is 0.737. The summed E-state index contributed by atoms with van der Waals surface area (Å²) in [6.07, 6.45) is 1.70. The van der Waals surface area contributed by atoms with Crippen molar-refractivity contribution in [2.75, 3.05) is 13.2 Å². The molecule has 0 fully saturated rings. The molecule has 0 amide bonds. The van der Waals surface area contributed by atoms with Crippen LogP contribution in [-0.2, 0) is 4.79 Å². The first-order valence-corrected chi connectivity index (χ1v) is 4.42. The Hall–Kier alpha value is -0.410. The molecule has 0 heterocycles. The Morgan fingerprint density at radius 3 is 2.00 bits per heavy atom. The van der Waals surface area contributed by atoms with Gasteiger partial charge in [-0.1, -0.05) is 13.8 Å². The van der Waals surface area contributed by atoms with Crippen molar-refractivity contribution in [3.05, 3.63) is 0 Å². The molecule has 0 aliphatic heterocycles. The van der Waals surface area contributed by atoms with Gasteiger partial charge in [-0.2, -0.15) is 0 Å². The molecular formula is C9H18O3. The number of ketones is 1. The highest BCUT2D eigenvalue weighted by atomic mass is 16.3. The largest absolute Gasteiger partial charge is 0.395 e. The summed E-state index contributed by atoms with van der Waals surface area (Å²) in [5.41, 5.74) is -0.893. The minimum Gasteiger partial charge on any atom is -0.395 e. The van der Waals surface area contributed by atoms with Crippen molar-refractivity contribution in [1.29, 1.82) is 0 Å². The fourth-order valence-corrected chi connectivity index (χ4v) is 1.14. The summed E-state index contributed by atoms with van der Waals surface area (Å²) in [5, 5.41) is 18.0. The summed E-state index contributed by atoms with van der Waals surface area (Å²) in [7, 11) is 0. The number of Topliss-reactive ketones (excluding diaryl/α,β-unsaturated/α-hetero) is 1. The first-order valence-electron chi connectivity index (χ1n) is 4.42. The number of rotatable bonds is 6. The van der Waals surface area contributed by atoms with Gasteiger partial charge >= 0.3 is 0 Å². The fraction of sp³-hybridized carbons (Fsp3) is 0.889. The van der Waals surface area contributed by atoms with Gasteiger partial charge in [0.2, 0.25) is 0 Å². The van der Waals surface area contributed by atoms with E-state index in [-0.39, 0.29) is 19.0 Å².